The van der Waals surface area contributed by atoms with Crippen molar-refractivity contribution in [2.75, 3.05) is 33.2 Å². The zero-order valence-electron chi connectivity index (χ0n) is 12.6. The third kappa shape index (κ3) is 3.55. The molecule has 1 fully saturated rings. The van der Waals surface area contributed by atoms with Crippen molar-refractivity contribution in [3.05, 3.63) is 5.21 Å². The molecule has 0 amide bonds. The molecule has 0 radical (unpaired) electrons. The molecule has 21 heavy (non-hydrogen) atoms. The van der Waals surface area contributed by atoms with Crippen molar-refractivity contribution in [3.63, 3.8) is 0 Å². The maximum atomic E-state index is 13.0. The molecule has 7 nitrogen and oxygen atoms in total. The predicted octanol–water partition coefficient (Wildman–Crippen LogP) is 1.47. The molecule has 2 rings (SSSR count). The molecule has 0 aromatic carbocycles. The minimum absolute atomic E-state index is 0.156. The van der Waals surface area contributed by atoms with Crippen molar-refractivity contribution in [3.8, 4) is 0 Å². The minimum Gasteiger partial charge on any atom is -0.623 e. The monoisotopic (exact) mass is 334 g/mol. The van der Waals surface area contributed by atoms with Crippen LogP contribution in [0.15, 0.2) is 4.34 Å². The largest absolute Gasteiger partial charge is 0.623 e. The summed E-state index contributed by atoms with van der Waals surface area (Å²) in [4.78, 5) is 1.81. The molecule has 0 saturated carbocycles. The number of hydrogen-bond donors (Lipinski definition) is 1. The van der Waals surface area contributed by atoms with Gasteiger partial charge in [0, 0.05) is 12.9 Å². The van der Waals surface area contributed by atoms with Crippen molar-refractivity contribution < 1.29 is 9.84 Å². The molecular weight excluding hydrogens is 312 g/mol. The van der Waals surface area contributed by atoms with E-state index >= 15 is 0 Å². The van der Waals surface area contributed by atoms with Crippen LogP contribution in [0.2, 0.25) is 0 Å². The first kappa shape index (κ1) is 17.1. The summed E-state index contributed by atoms with van der Waals surface area (Å²) in [5.74, 6) is 0.971. The third-order valence-corrected chi connectivity index (χ3v) is 5.81. The van der Waals surface area contributed by atoms with Gasteiger partial charge in [-0.2, -0.15) is 0 Å². The molecule has 3 unspecified atom stereocenters. The number of unbranched alkanes of at least 4 members (excludes halogenated alkanes) is 1. The molecule has 1 aromatic heterocycles. The highest BCUT2D eigenvalue weighted by molar-refractivity contribution is 8.01. The number of rotatable bonds is 7. The predicted molar refractivity (Wildman–Crippen MR) is 85.0 cm³/mol. The third-order valence-electron chi connectivity index (χ3n) is 3.55. The van der Waals surface area contributed by atoms with Crippen LogP contribution in [0, 0.1) is 5.21 Å². The van der Waals surface area contributed by atoms with Crippen LogP contribution in [0.1, 0.15) is 19.8 Å². The molecule has 0 aliphatic carbocycles. The maximum Gasteiger partial charge on any atom is 0.310 e. The first-order valence-electron chi connectivity index (χ1n) is 6.95. The first-order chi connectivity index (χ1) is 10.0. The minimum atomic E-state index is -1.10. The van der Waals surface area contributed by atoms with E-state index in [-0.39, 0.29) is 12.7 Å². The van der Waals surface area contributed by atoms with Crippen LogP contribution in [0.5, 0.6) is 0 Å². The molecule has 1 saturated heterocycles. The van der Waals surface area contributed by atoms with Gasteiger partial charge in [-0.15, -0.1) is 5.10 Å². The van der Waals surface area contributed by atoms with Crippen LogP contribution in [-0.4, -0.2) is 65.7 Å². The Kier molecular flexibility index (Phi) is 5.95. The molecular formula is C12H22N4O3S2. The van der Waals surface area contributed by atoms with Crippen LogP contribution in [-0.2, 0) is 4.74 Å². The van der Waals surface area contributed by atoms with Crippen molar-refractivity contribution in [2.45, 2.75) is 36.4 Å². The van der Waals surface area contributed by atoms with Gasteiger partial charge >= 0.3 is 5.13 Å². The van der Waals surface area contributed by atoms with E-state index in [9.17, 15) is 10.3 Å². The summed E-state index contributed by atoms with van der Waals surface area (Å²) in [7, 11) is 3.37. The second-order valence-corrected chi connectivity index (χ2v) is 7.48. The van der Waals surface area contributed by atoms with Gasteiger partial charge in [0.1, 0.15) is 12.7 Å². The topological polar surface area (TPSA) is 81.5 Å². The van der Waals surface area contributed by atoms with Crippen molar-refractivity contribution in [1.82, 2.24) is 19.7 Å². The summed E-state index contributed by atoms with van der Waals surface area (Å²) in [5.41, 5.74) is 0. The zero-order chi connectivity index (χ0) is 15.5. The van der Waals surface area contributed by atoms with E-state index in [4.69, 9.17) is 4.74 Å². The lowest BCUT2D eigenvalue weighted by molar-refractivity contribution is 0.0228. The van der Waals surface area contributed by atoms with Gasteiger partial charge in [-0.25, -0.2) is 4.90 Å². The van der Waals surface area contributed by atoms with E-state index in [0.717, 1.165) is 22.9 Å². The highest BCUT2D eigenvalue weighted by Crippen LogP contribution is 2.37. The Balaban J connectivity index is 2.09. The van der Waals surface area contributed by atoms with E-state index < -0.39 is 10.9 Å². The van der Waals surface area contributed by atoms with Crippen molar-refractivity contribution in [1.29, 1.82) is 0 Å². The number of nitrogens with zero attached hydrogens (tertiary/aromatic N) is 4. The highest BCUT2D eigenvalue weighted by Gasteiger charge is 2.48. The van der Waals surface area contributed by atoms with Crippen LogP contribution < -0.4 is 4.65 Å². The zero-order valence-corrected chi connectivity index (χ0v) is 14.2. The van der Waals surface area contributed by atoms with E-state index in [2.05, 4.69) is 17.1 Å². The SMILES string of the molecule is CCCCSc1nnc([N+]2([O-])CN(C)C(COC)C2O)s1. The lowest BCUT2D eigenvalue weighted by Crippen LogP contribution is -2.51. The Bertz CT molecular complexity index is 461. The van der Waals surface area contributed by atoms with Gasteiger partial charge in [-0.1, -0.05) is 30.2 Å². The molecule has 2 heterocycles. The van der Waals surface area contributed by atoms with Crippen LogP contribution >= 0.6 is 23.1 Å². The van der Waals surface area contributed by atoms with E-state index in [0.29, 0.717) is 11.7 Å². The summed E-state index contributed by atoms with van der Waals surface area (Å²) < 4.78 is 5.00. The number of quaternary nitrogens is 1. The quantitative estimate of drug-likeness (QED) is 0.350. The second-order valence-electron chi connectivity index (χ2n) is 5.18. The molecule has 0 spiro atoms. The fourth-order valence-corrected chi connectivity index (χ4v) is 4.36. The lowest BCUT2D eigenvalue weighted by atomic mass is 10.3. The standard InChI is InChI=1S/C12H22N4O3S2/c1-4-5-6-20-12-14-13-11(21-12)16(18)8-15(2)9(7-19-3)10(16)17/h9-10,17H,4-8H2,1-3H3. The van der Waals surface area contributed by atoms with Crippen LogP contribution in [0.25, 0.3) is 0 Å². The summed E-state index contributed by atoms with van der Waals surface area (Å²) in [6.45, 7) is 2.61. The first-order valence-corrected chi connectivity index (χ1v) is 8.76. The number of likely N-dealkylation sites (N-methyl/N-ethyl adjacent to an activating group) is 1. The molecule has 3 atom stereocenters. The Morgan fingerprint density at radius 1 is 1.57 bits per heavy atom. The lowest BCUT2D eigenvalue weighted by Gasteiger charge is -2.37. The Morgan fingerprint density at radius 2 is 2.33 bits per heavy atom. The van der Waals surface area contributed by atoms with Gasteiger partial charge in [0.15, 0.2) is 4.34 Å². The number of methoxy groups -OCH3 is 1. The average molecular weight is 334 g/mol. The second kappa shape index (κ2) is 7.32. The Labute approximate surface area is 133 Å². The van der Waals surface area contributed by atoms with E-state index in [1.807, 2.05) is 11.9 Å². The number of hydrogen-bond acceptors (Lipinski definition) is 8. The average Bonchev–Trinajstić information content (AvgIpc) is 3.00. The van der Waals surface area contributed by atoms with Crippen molar-refractivity contribution in [2.24, 2.45) is 0 Å². The van der Waals surface area contributed by atoms with Crippen molar-refractivity contribution >= 4 is 28.2 Å². The van der Waals surface area contributed by atoms with Crippen LogP contribution in [0.3, 0.4) is 0 Å². The van der Waals surface area contributed by atoms with Crippen LogP contribution in [0.4, 0.5) is 5.13 Å². The van der Waals surface area contributed by atoms with Gasteiger partial charge in [0.2, 0.25) is 6.23 Å². The molecule has 1 aliphatic rings. The number of aliphatic hydroxyl groups excluding tert-OH is 1. The molecule has 1 N–H and O–H groups in total. The number of thioether (sulfide) groups is 1. The molecule has 120 valence electrons. The number of aromatic nitrogens is 2. The Morgan fingerprint density at radius 3 is 3.00 bits per heavy atom. The summed E-state index contributed by atoms with van der Waals surface area (Å²) in [6, 6.07) is -0.326. The van der Waals surface area contributed by atoms with Gasteiger partial charge in [-0.05, 0) is 24.8 Å². The highest BCUT2D eigenvalue weighted by atomic mass is 32.2. The normalized spacial score (nSPS) is 30.1. The number of aliphatic hydroxyl groups is 1. The fraction of sp³-hybridized carbons (Fsp3) is 0.833. The molecule has 1 aromatic rings. The van der Waals surface area contributed by atoms with Gasteiger partial charge < -0.3 is 15.1 Å². The van der Waals surface area contributed by atoms with E-state index in [1.165, 1.54) is 11.3 Å². The van der Waals surface area contributed by atoms with Gasteiger partial charge in [0.05, 0.1) is 6.61 Å². The molecule has 0 bridgehead atoms. The summed E-state index contributed by atoms with van der Waals surface area (Å²) in [6.07, 6.45) is 1.14. The molecule has 1 aliphatic heterocycles. The summed E-state index contributed by atoms with van der Waals surface area (Å²) in [5, 5.41) is 31.7. The van der Waals surface area contributed by atoms with Gasteiger partial charge in [-0.3, -0.25) is 4.65 Å². The van der Waals surface area contributed by atoms with Gasteiger partial charge in [0.25, 0.3) is 0 Å². The maximum absolute atomic E-state index is 13.0. The smallest absolute Gasteiger partial charge is 0.310 e. The summed E-state index contributed by atoms with van der Waals surface area (Å²) >= 11 is 2.89. The van der Waals surface area contributed by atoms with E-state index in [1.54, 1.807) is 18.9 Å². The number of hydroxylamine groups is 2. The number of ether oxygens (including phenoxy) is 1. The molecule has 9 heteroatoms. The fourth-order valence-electron chi connectivity index (χ4n) is 2.30. The Hall–Kier alpha value is -0.290.